The van der Waals surface area contributed by atoms with Crippen LogP contribution in [0, 0.1) is 0 Å². The third-order valence-electron chi connectivity index (χ3n) is 4.98. The van der Waals surface area contributed by atoms with Crippen LogP contribution < -0.4 is 4.90 Å². The Labute approximate surface area is 185 Å². The Kier molecular flexibility index (Phi) is 6.51. The van der Waals surface area contributed by atoms with E-state index in [-0.39, 0.29) is 28.0 Å². The zero-order chi connectivity index (χ0) is 22.7. The molecule has 160 valence electrons. The number of rotatable bonds is 5. The first kappa shape index (κ1) is 22.2. The zero-order valence-corrected chi connectivity index (χ0v) is 18.2. The van der Waals surface area contributed by atoms with Crippen LogP contribution >= 0.6 is 11.6 Å². The molecule has 0 aliphatic heterocycles. The minimum atomic E-state index is -0.498. The summed E-state index contributed by atoms with van der Waals surface area (Å²) in [6, 6.07) is 18.0. The lowest BCUT2D eigenvalue weighted by atomic mass is 10.0. The van der Waals surface area contributed by atoms with Crippen molar-refractivity contribution >= 4 is 29.1 Å². The first-order valence-electron chi connectivity index (χ1n) is 9.62. The van der Waals surface area contributed by atoms with Gasteiger partial charge in [-0.1, -0.05) is 41.9 Å². The Balaban J connectivity index is 2.08. The molecule has 3 aromatic carbocycles. The van der Waals surface area contributed by atoms with E-state index in [0.717, 1.165) is 11.6 Å². The van der Waals surface area contributed by atoms with E-state index in [1.54, 1.807) is 38.4 Å². The standard InChI is InChI=1S/C24H23ClN2O4/c1-15(16-7-5-4-6-8-16)27(18-11-9-17(10-12-18)23(30)26(2)3)24(31)19-13-20(25)22(29)14-21(19)28/h4-15,28-29H,1-3H3. The molecule has 2 N–H and O–H groups in total. The molecule has 6 nitrogen and oxygen atoms in total. The summed E-state index contributed by atoms with van der Waals surface area (Å²) >= 11 is 5.99. The van der Waals surface area contributed by atoms with Crippen LogP contribution in [-0.2, 0) is 0 Å². The van der Waals surface area contributed by atoms with Crippen LogP contribution in [0.3, 0.4) is 0 Å². The van der Waals surface area contributed by atoms with Crippen molar-refractivity contribution < 1.29 is 19.8 Å². The summed E-state index contributed by atoms with van der Waals surface area (Å²) in [5.74, 6) is -1.34. The van der Waals surface area contributed by atoms with Gasteiger partial charge in [-0.2, -0.15) is 0 Å². The van der Waals surface area contributed by atoms with Crippen LogP contribution in [0.1, 0.15) is 39.2 Å². The van der Waals surface area contributed by atoms with Crippen molar-refractivity contribution in [1.82, 2.24) is 4.90 Å². The first-order chi connectivity index (χ1) is 14.7. The van der Waals surface area contributed by atoms with E-state index < -0.39 is 11.9 Å². The minimum Gasteiger partial charge on any atom is -0.507 e. The molecule has 2 amide bonds. The minimum absolute atomic E-state index is 0.0413. The number of carbonyl (C=O) groups is 2. The van der Waals surface area contributed by atoms with Crippen molar-refractivity contribution in [3.05, 3.63) is 88.4 Å². The number of carbonyl (C=O) groups excluding carboxylic acids is 2. The van der Waals surface area contributed by atoms with Crippen LogP contribution in [0.2, 0.25) is 5.02 Å². The SMILES string of the molecule is CC(c1ccccc1)N(C(=O)c1cc(Cl)c(O)cc1O)c1ccc(C(=O)N(C)C)cc1. The second-order valence-corrected chi connectivity index (χ2v) is 7.74. The fraction of sp³-hybridized carbons (Fsp3) is 0.167. The number of phenolic OH excluding ortho intramolecular Hbond substituents is 2. The second-order valence-electron chi connectivity index (χ2n) is 7.33. The molecule has 0 bridgehead atoms. The second kappa shape index (κ2) is 9.10. The molecule has 0 radical (unpaired) electrons. The Hall–Kier alpha value is -3.51. The first-order valence-corrected chi connectivity index (χ1v) is 10.00. The maximum Gasteiger partial charge on any atom is 0.262 e. The van der Waals surface area contributed by atoms with E-state index in [1.165, 1.54) is 15.9 Å². The number of hydrogen-bond donors (Lipinski definition) is 2. The molecule has 0 fully saturated rings. The number of anilines is 1. The van der Waals surface area contributed by atoms with Crippen molar-refractivity contribution in [2.45, 2.75) is 13.0 Å². The van der Waals surface area contributed by atoms with Crippen molar-refractivity contribution in [3.63, 3.8) is 0 Å². The summed E-state index contributed by atoms with van der Waals surface area (Å²) in [4.78, 5) is 28.7. The van der Waals surface area contributed by atoms with Gasteiger partial charge in [0.25, 0.3) is 11.8 Å². The van der Waals surface area contributed by atoms with Gasteiger partial charge in [-0.25, -0.2) is 0 Å². The maximum absolute atomic E-state index is 13.5. The predicted molar refractivity (Wildman–Crippen MR) is 121 cm³/mol. The van der Waals surface area contributed by atoms with Gasteiger partial charge < -0.3 is 20.0 Å². The smallest absolute Gasteiger partial charge is 0.262 e. The van der Waals surface area contributed by atoms with Gasteiger partial charge in [0.2, 0.25) is 0 Å². The third kappa shape index (κ3) is 4.64. The number of benzene rings is 3. The summed E-state index contributed by atoms with van der Waals surface area (Å²) in [6.45, 7) is 1.87. The molecule has 31 heavy (non-hydrogen) atoms. The van der Waals surface area contributed by atoms with E-state index >= 15 is 0 Å². The fourth-order valence-electron chi connectivity index (χ4n) is 3.27. The van der Waals surface area contributed by atoms with E-state index in [4.69, 9.17) is 11.6 Å². The van der Waals surface area contributed by atoms with E-state index in [2.05, 4.69) is 0 Å². The molecule has 0 saturated heterocycles. The van der Waals surface area contributed by atoms with E-state index in [1.807, 2.05) is 37.3 Å². The maximum atomic E-state index is 13.5. The molecule has 1 atom stereocenters. The van der Waals surface area contributed by atoms with Crippen LogP contribution in [0.4, 0.5) is 5.69 Å². The number of phenols is 2. The van der Waals surface area contributed by atoms with Crippen LogP contribution in [-0.4, -0.2) is 41.0 Å². The zero-order valence-electron chi connectivity index (χ0n) is 17.4. The van der Waals surface area contributed by atoms with Crippen molar-refractivity contribution in [2.24, 2.45) is 0 Å². The molecular formula is C24H23ClN2O4. The predicted octanol–water partition coefficient (Wildman–Crippen LogP) is 4.86. The fourth-order valence-corrected chi connectivity index (χ4v) is 3.44. The largest absolute Gasteiger partial charge is 0.507 e. The van der Waals surface area contributed by atoms with Crippen LogP contribution in [0.15, 0.2) is 66.7 Å². The number of nitrogens with zero attached hydrogens (tertiary/aromatic N) is 2. The molecule has 0 aliphatic rings. The van der Waals surface area contributed by atoms with Crippen molar-refractivity contribution in [1.29, 1.82) is 0 Å². The Morgan fingerprint density at radius 1 is 0.871 bits per heavy atom. The molecule has 0 aromatic heterocycles. The topological polar surface area (TPSA) is 81.1 Å². The molecule has 0 aliphatic carbocycles. The van der Waals surface area contributed by atoms with Gasteiger partial charge in [0, 0.05) is 31.4 Å². The van der Waals surface area contributed by atoms with Crippen LogP contribution in [0.5, 0.6) is 11.5 Å². The summed E-state index contributed by atoms with van der Waals surface area (Å²) in [5.41, 5.74) is 1.87. The van der Waals surface area contributed by atoms with Gasteiger partial charge in [-0.05, 0) is 42.8 Å². The highest BCUT2D eigenvalue weighted by atomic mass is 35.5. The molecule has 3 aromatic rings. The van der Waals surface area contributed by atoms with Crippen molar-refractivity contribution in [2.75, 3.05) is 19.0 Å². The molecule has 0 saturated carbocycles. The average Bonchev–Trinajstić information content (AvgIpc) is 2.76. The highest BCUT2D eigenvalue weighted by molar-refractivity contribution is 6.32. The molecule has 1 unspecified atom stereocenters. The Morgan fingerprint density at radius 3 is 2.06 bits per heavy atom. The lowest BCUT2D eigenvalue weighted by Crippen LogP contribution is -2.34. The third-order valence-corrected chi connectivity index (χ3v) is 5.28. The van der Waals surface area contributed by atoms with Gasteiger partial charge in [-0.15, -0.1) is 0 Å². The highest BCUT2D eigenvalue weighted by Gasteiger charge is 2.27. The summed E-state index contributed by atoms with van der Waals surface area (Å²) < 4.78 is 0. The van der Waals surface area contributed by atoms with Crippen LogP contribution in [0.25, 0.3) is 0 Å². The number of aromatic hydroxyl groups is 2. The lowest BCUT2D eigenvalue weighted by Gasteiger charge is -2.30. The molecule has 0 spiro atoms. The van der Waals surface area contributed by atoms with Gasteiger partial charge in [0.1, 0.15) is 11.5 Å². The summed E-state index contributed by atoms with van der Waals surface area (Å²) in [6.07, 6.45) is 0. The number of amides is 2. The summed E-state index contributed by atoms with van der Waals surface area (Å²) in [5, 5.41) is 20.0. The van der Waals surface area contributed by atoms with Gasteiger partial charge in [-0.3, -0.25) is 9.59 Å². The van der Waals surface area contributed by atoms with Gasteiger partial charge in [0.05, 0.1) is 16.6 Å². The monoisotopic (exact) mass is 438 g/mol. The number of hydrogen-bond acceptors (Lipinski definition) is 4. The molecule has 0 heterocycles. The Bertz CT molecular complexity index is 1100. The Morgan fingerprint density at radius 2 is 1.48 bits per heavy atom. The quantitative estimate of drug-likeness (QED) is 0.596. The average molecular weight is 439 g/mol. The normalized spacial score (nSPS) is 11.6. The molecule has 3 rings (SSSR count). The number of halogens is 1. The molecular weight excluding hydrogens is 416 g/mol. The molecule has 7 heteroatoms. The van der Waals surface area contributed by atoms with Gasteiger partial charge in [0.15, 0.2) is 0 Å². The lowest BCUT2D eigenvalue weighted by molar-refractivity contribution is 0.0827. The van der Waals surface area contributed by atoms with E-state index in [0.29, 0.717) is 11.3 Å². The summed E-state index contributed by atoms with van der Waals surface area (Å²) in [7, 11) is 3.34. The van der Waals surface area contributed by atoms with Gasteiger partial charge >= 0.3 is 0 Å². The van der Waals surface area contributed by atoms with Crippen molar-refractivity contribution in [3.8, 4) is 11.5 Å². The highest BCUT2D eigenvalue weighted by Crippen LogP contribution is 2.35. The van der Waals surface area contributed by atoms with E-state index in [9.17, 15) is 19.8 Å².